The highest BCUT2D eigenvalue weighted by atomic mass is 19.3. The molecule has 0 heterocycles. The minimum atomic E-state index is -2.39. The second kappa shape index (κ2) is 1.62. The zero-order valence-electron chi connectivity index (χ0n) is 7.08. The van der Waals surface area contributed by atoms with Crippen LogP contribution in [0.2, 0.25) is 0 Å². The number of hydrogen-bond acceptors (Lipinski definition) is 0. The first-order valence-corrected chi connectivity index (χ1v) is 4.25. The van der Waals surface area contributed by atoms with Crippen molar-refractivity contribution in [3.63, 3.8) is 0 Å². The third-order valence-corrected chi connectivity index (χ3v) is 3.63. The summed E-state index contributed by atoms with van der Waals surface area (Å²) in [7, 11) is 0. The Morgan fingerprint density at radius 3 is 1.82 bits per heavy atom. The van der Waals surface area contributed by atoms with Gasteiger partial charge in [0, 0.05) is 11.8 Å². The van der Waals surface area contributed by atoms with Crippen LogP contribution in [0.1, 0.15) is 39.5 Å². The third kappa shape index (κ3) is 0.785. The van der Waals surface area contributed by atoms with Gasteiger partial charge in [-0.3, -0.25) is 0 Å². The van der Waals surface area contributed by atoms with E-state index in [-0.39, 0.29) is 11.8 Å². The lowest BCUT2D eigenvalue weighted by atomic mass is 9.81. The highest BCUT2D eigenvalue weighted by molar-refractivity contribution is 5.09. The van der Waals surface area contributed by atoms with Crippen LogP contribution in [0.5, 0.6) is 0 Å². The fourth-order valence-corrected chi connectivity index (χ4v) is 2.91. The summed E-state index contributed by atoms with van der Waals surface area (Å²) in [6, 6.07) is 0. The van der Waals surface area contributed by atoms with Gasteiger partial charge >= 0.3 is 0 Å². The highest BCUT2D eigenvalue weighted by Gasteiger charge is 2.65. The Morgan fingerprint density at radius 2 is 1.64 bits per heavy atom. The van der Waals surface area contributed by atoms with E-state index in [4.69, 9.17) is 0 Å². The van der Waals surface area contributed by atoms with E-state index in [1.165, 1.54) is 0 Å². The molecule has 2 aliphatic carbocycles. The average molecular weight is 160 g/mol. The van der Waals surface area contributed by atoms with Gasteiger partial charge in [0.25, 0.3) is 5.92 Å². The van der Waals surface area contributed by atoms with Crippen LogP contribution in [-0.4, -0.2) is 5.92 Å². The summed E-state index contributed by atoms with van der Waals surface area (Å²) in [5, 5.41) is 0. The van der Waals surface area contributed by atoms with Gasteiger partial charge in [-0.1, -0.05) is 13.8 Å². The highest BCUT2D eigenvalue weighted by Crippen LogP contribution is 2.67. The van der Waals surface area contributed by atoms with Crippen LogP contribution in [0.3, 0.4) is 0 Å². The number of hydrogen-bond donors (Lipinski definition) is 0. The Kier molecular flexibility index (Phi) is 1.11. The predicted octanol–water partition coefficient (Wildman–Crippen LogP) is 3.22. The van der Waals surface area contributed by atoms with Crippen LogP contribution >= 0.6 is 0 Å². The normalized spacial score (nSPS) is 53.5. The molecule has 2 unspecified atom stereocenters. The third-order valence-electron chi connectivity index (χ3n) is 3.63. The lowest BCUT2D eigenvalue weighted by Crippen LogP contribution is -2.34. The zero-order valence-corrected chi connectivity index (χ0v) is 7.08. The molecule has 0 aromatic carbocycles. The van der Waals surface area contributed by atoms with Crippen molar-refractivity contribution in [1.29, 1.82) is 0 Å². The molecular formula is C9H14F2. The van der Waals surface area contributed by atoms with Crippen molar-refractivity contribution in [2.24, 2.45) is 10.8 Å². The first-order chi connectivity index (χ1) is 4.87. The Morgan fingerprint density at radius 1 is 1.00 bits per heavy atom. The van der Waals surface area contributed by atoms with Gasteiger partial charge in [0.05, 0.1) is 0 Å². The molecule has 0 aromatic rings. The fraction of sp³-hybridized carbons (Fsp3) is 1.00. The predicted molar refractivity (Wildman–Crippen MR) is 39.6 cm³/mol. The Hall–Kier alpha value is -0.140. The zero-order chi connectivity index (χ0) is 8.33. The summed E-state index contributed by atoms with van der Waals surface area (Å²) in [4.78, 5) is 0. The van der Waals surface area contributed by atoms with Gasteiger partial charge in [0.1, 0.15) is 0 Å². The SMILES string of the molecule is CC12CCC(C)(C1)C(F)(F)C2. The molecule has 2 aliphatic rings. The van der Waals surface area contributed by atoms with Crippen LogP contribution < -0.4 is 0 Å². The number of halogens is 2. The standard InChI is InChI=1S/C9H14F2/c1-7-3-4-8(2,5-7)9(10,11)6-7/h3-6H2,1-2H3. The molecule has 0 radical (unpaired) electrons. The molecule has 0 N–H and O–H groups in total. The van der Waals surface area contributed by atoms with Crippen LogP contribution in [-0.2, 0) is 0 Å². The lowest BCUT2D eigenvalue weighted by Gasteiger charge is -2.32. The van der Waals surface area contributed by atoms with Crippen molar-refractivity contribution in [3.05, 3.63) is 0 Å². The maximum atomic E-state index is 13.3. The molecule has 0 spiro atoms. The molecule has 64 valence electrons. The Bertz CT molecular complexity index is 196. The van der Waals surface area contributed by atoms with Crippen LogP contribution in [0.15, 0.2) is 0 Å². The van der Waals surface area contributed by atoms with Gasteiger partial charge in [-0.2, -0.15) is 0 Å². The maximum Gasteiger partial charge on any atom is 0.253 e. The van der Waals surface area contributed by atoms with Crippen molar-refractivity contribution >= 4 is 0 Å². The van der Waals surface area contributed by atoms with Crippen molar-refractivity contribution < 1.29 is 8.78 Å². The van der Waals surface area contributed by atoms with E-state index in [0.29, 0.717) is 0 Å². The van der Waals surface area contributed by atoms with E-state index >= 15 is 0 Å². The van der Waals surface area contributed by atoms with Crippen molar-refractivity contribution in [2.75, 3.05) is 0 Å². The van der Waals surface area contributed by atoms with Gasteiger partial charge in [-0.05, 0) is 24.7 Å². The van der Waals surface area contributed by atoms with Gasteiger partial charge in [-0.25, -0.2) is 8.78 Å². The molecule has 0 nitrogen and oxygen atoms in total. The molecular weight excluding hydrogens is 146 g/mol. The van der Waals surface area contributed by atoms with E-state index in [1.54, 1.807) is 6.92 Å². The van der Waals surface area contributed by atoms with Gasteiger partial charge in [0.15, 0.2) is 0 Å². The van der Waals surface area contributed by atoms with Crippen molar-refractivity contribution in [1.82, 2.24) is 0 Å². The van der Waals surface area contributed by atoms with E-state index < -0.39 is 11.3 Å². The van der Waals surface area contributed by atoms with E-state index in [0.717, 1.165) is 19.3 Å². The number of fused-ring (bicyclic) bond motifs is 2. The van der Waals surface area contributed by atoms with Gasteiger partial charge in [0.2, 0.25) is 0 Å². The molecule has 0 aliphatic heterocycles. The van der Waals surface area contributed by atoms with Gasteiger partial charge < -0.3 is 0 Å². The van der Waals surface area contributed by atoms with Crippen LogP contribution in [0, 0.1) is 10.8 Å². The first kappa shape index (κ1) is 7.51. The summed E-state index contributed by atoms with van der Waals surface area (Å²) in [5.74, 6) is -2.39. The Labute approximate surface area is 66.0 Å². The quantitative estimate of drug-likeness (QED) is 0.510. The molecule has 2 rings (SSSR count). The number of alkyl halides is 2. The van der Waals surface area contributed by atoms with Gasteiger partial charge in [-0.15, -0.1) is 0 Å². The summed E-state index contributed by atoms with van der Waals surface area (Å²) >= 11 is 0. The smallest absolute Gasteiger partial charge is 0.206 e. The molecule has 2 fully saturated rings. The Balaban J connectivity index is 2.36. The average Bonchev–Trinajstić information content (AvgIpc) is 2.13. The van der Waals surface area contributed by atoms with Crippen LogP contribution in [0.4, 0.5) is 8.78 Å². The molecule has 2 bridgehead atoms. The monoisotopic (exact) mass is 160 g/mol. The van der Waals surface area contributed by atoms with Crippen molar-refractivity contribution in [2.45, 2.75) is 45.5 Å². The minimum absolute atomic E-state index is 0.0434. The lowest BCUT2D eigenvalue weighted by molar-refractivity contribution is -0.106. The maximum absolute atomic E-state index is 13.3. The van der Waals surface area contributed by atoms with Crippen LogP contribution in [0.25, 0.3) is 0 Å². The summed E-state index contributed by atoms with van der Waals surface area (Å²) in [5.41, 5.74) is -0.708. The minimum Gasteiger partial charge on any atom is -0.206 e. The first-order valence-electron chi connectivity index (χ1n) is 4.25. The molecule has 0 amide bonds. The number of rotatable bonds is 0. The second-order valence-electron chi connectivity index (χ2n) is 4.93. The summed E-state index contributed by atoms with van der Waals surface area (Å²) in [6.45, 7) is 3.74. The van der Waals surface area contributed by atoms with E-state index in [9.17, 15) is 8.78 Å². The van der Waals surface area contributed by atoms with Crippen molar-refractivity contribution in [3.8, 4) is 0 Å². The molecule has 2 saturated carbocycles. The second-order valence-corrected chi connectivity index (χ2v) is 4.93. The molecule has 0 saturated heterocycles. The fourth-order valence-electron chi connectivity index (χ4n) is 2.91. The van der Waals surface area contributed by atoms with E-state index in [1.807, 2.05) is 6.92 Å². The largest absolute Gasteiger partial charge is 0.253 e. The molecule has 2 heteroatoms. The summed E-state index contributed by atoms with van der Waals surface area (Å²) in [6.07, 6.45) is 2.57. The molecule has 11 heavy (non-hydrogen) atoms. The topological polar surface area (TPSA) is 0 Å². The summed E-state index contributed by atoms with van der Waals surface area (Å²) < 4.78 is 26.5. The molecule has 2 atom stereocenters. The molecule has 0 aromatic heterocycles. The van der Waals surface area contributed by atoms with E-state index in [2.05, 4.69) is 0 Å².